The van der Waals surface area contributed by atoms with Gasteiger partial charge in [0.15, 0.2) is 11.5 Å². The van der Waals surface area contributed by atoms with Crippen LogP contribution >= 0.6 is 0 Å². The summed E-state index contributed by atoms with van der Waals surface area (Å²) < 4.78 is 10.5. The van der Waals surface area contributed by atoms with Crippen LogP contribution in [0, 0.1) is 6.92 Å². The maximum Gasteiger partial charge on any atom is 0.329 e. The second kappa shape index (κ2) is 7.07. The maximum absolute atomic E-state index is 12.5. The fourth-order valence-electron chi connectivity index (χ4n) is 2.95. The summed E-state index contributed by atoms with van der Waals surface area (Å²) in [6.07, 6.45) is 1.53. The summed E-state index contributed by atoms with van der Waals surface area (Å²) in [6, 6.07) is 11.8. The number of benzene rings is 2. The van der Waals surface area contributed by atoms with E-state index in [1.165, 1.54) is 6.08 Å². The van der Waals surface area contributed by atoms with E-state index in [9.17, 15) is 14.4 Å². The monoisotopic (exact) mass is 379 g/mol. The number of hydrogen-bond donors (Lipinski definition) is 2. The minimum absolute atomic E-state index is 0.0900. The lowest BCUT2D eigenvalue weighted by Gasteiger charge is -2.12. The van der Waals surface area contributed by atoms with Crippen molar-refractivity contribution < 1.29 is 23.9 Å². The van der Waals surface area contributed by atoms with Crippen molar-refractivity contribution in [3.63, 3.8) is 0 Å². The minimum Gasteiger partial charge on any atom is -0.454 e. The first kappa shape index (κ1) is 17.6. The van der Waals surface area contributed by atoms with Gasteiger partial charge in [0.05, 0.1) is 0 Å². The van der Waals surface area contributed by atoms with E-state index in [1.807, 2.05) is 19.1 Å². The first-order valence-electron chi connectivity index (χ1n) is 8.60. The molecule has 142 valence electrons. The predicted octanol–water partition coefficient (Wildman–Crippen LogP) is 2.26. The van der Waals surface area contributed by atoms with E-state index in [0.29, 0.717) is 22.7 Å². The van der Waals surface area contributed by atoms with E-state index in [-0.39, 0.29) is 19.0 Å². The van der Waals surface area contributed by atoms with Gasteiger partial charge in [-0.15, -0.1) is 0 Å². The average molecular weight is 379 g/mol. The molecule has 0 bridgehead atoms. The Morgan fingerprint density at radius 3 is 2.82 bits per heavy atom. The van der Waals surface area contributed by atoms with Crippen molar-refractivity contribution in [2.45, 2.75) is 6.92 Å². The molecule has 4 amide bonds. The third kappa shape index (κ3) is 3.52. The zero-order valence-electron chi connectivity index (χ0n) is 15.0. The first-order chi connectivity index (χ1) is 13.5. The second-order valence-corrected chi connectivity index (χ2v) is 6.41. The number of amides is 4. The molecule has 2 aromatic rings. The normalized spacial score (nSPS) is 16.5. The quantitative estimate of drug-likeness (QED) is 0.627. The van der Waals surface area contributed by atoms with Gasteiger partial charge in [-0.1, -0.05) is 18.2 Å². The van der Waals surface area contributed by atoms with Crippen molar-refractivity contribution in [3.05, 3.63) is 59.3 Å². The van der Waals surface area contributed by atoms with Gasteiger partial charge in [0, 0.05) is 5.69 Å². The molecule has 2 aromatic carbocycles. The average Bonchev–Trinajstić information content (AvgIpc) is 3.21. The van der Waals surface area contributed by atoms with Crippen LogP contribution in [0.5, 0.6) is 11.5 Å². The number of ether oxygens (including phenoxy) is 2. The molecular formula is C20H17N3O5. The first-order valence-corrected chi connectivity index (χ1v) is 8.60. The van der Waals surface area contributed by atoms with E-state index in [4.69, 9.17) is 9.47 Å². The van der Waals surface area contributed by atoms with Crippen molar-refractivity contribution in [2.24, 2.45) is 0 Å². The third-order valence-electron chi connectivity index (χ3n) is 4.27. The van der Waals surface area contributed by atoms with Crippen LogP contribution in [-0.2, 0) is 9.59 Å². The maximum atomic E-state index is 12.5. The van der Waals surface area contributed by atoms with Crippen LogP contribution in [0.4, 0.5) is 10.5 Å². The smallest absolute Gasteiger partial charge is 0.329 e. The summed E-state index contributed by atoms with van der Waals surface area (Å²) in [4.78, 5) is 37.8. The number of carbonyl (C=O) groups excluding carboxylic acids is 3. The molecule has 0 saturated carbocycles. The molecular weight excluding hydrogens is 362 g/mol. The van der Waals surface area contributed by atoms with Crippen LogP contribution < -0.4 is 20.1 Å². The Labute approximate surface area is 160 Å². The number of fused-ring (bicyclic) bond motifs is 1. The van der Waals surface area contributed by atoms with Crippen LogP contribution in [0.2, 0.25) is 0 Å². The number of urea groups is 1. The number of rotatable bonds is 4. The van der Waals surface area contributed by atoms with Crippen LogP contribution in [0.15, 0.2) is 48.2 Å². The number of hydrogen-bond acceptors (Lipinski definition) is 5. The van der Waals surface area contributed by atoms with Crippen LogP contribution in [-0.4, -0.2) is 36.1 Å². The summed E-state index contributed by atoms with van der Waals surface area (Å²) in [5.74, 6) is 0.166. The van der Waals surface area contributed by atoms with E-state index in [0.717, 1.165) is 10.5 Å². The SMILES string of the molecule is Cc1cccc(NC(=O)CN2C(=O)NC(=Cc3ccc4c(c3)OCO4)C2=O)c1. The molecule has 28 heavy (non-hydrogen) atoms. The largest absolute Gasteiger partial charge is 0.454 e. The van der Waals surface area contributed by atoms with Gasteiger partial charge in [-0.05, 0) is 48.4 Å². The zero-order chi connectivity index (χ0) is 19.7. The molecule has 0 atom stereocenters. The highest BCUT2D eigenvalue weighted by Gasteiger charge is 2.35. The van der Waals surface area contributed by atoms with E-state index in [1.54, 1.807) is 30.3 Å². The highest BCUT2D eigenvalue weighted by atomic mass is 16.7. The van der Waals surface area contributed by atoms with Crippen molar-refractivity contribution >= 4 is 29.6 Å². The lowest BCUT2D eigenvalue weighted by Crippen LogP contribution is -2.38. The van der Waals surface area contributed by atoms with Gasteiger partial charge in [0.1, 0.15) is 12.2 Å². The number of nitrogens with zero attached hydrogens (tertiary/aromatic N) is 1. The van der Waals surface area contributed by atoms with Gasteiger partial charge in [0.2, 0.25) is 12.7 Å². The summed E-state index contributed by atoms with van der Waals surface area (Å²) in [5, 5.41) is 5.18. The Balaban J connectivity index is 1.45. The van der Waals surface area contributed by atoms with Crippen molar-refractivity contribution in [2.75, 3.05) is 18.7 Å². The molecule has 8 heteroatoms. The van der Waals surface area contributed by atoms with Crippen molar-refractivity contribution in [1.82, 2.24) is 10.2 Å². The Morgan fingerprint density at radius 1 is 1.18 bits per heavy atom. The Kier molecular flexibility index (Phi) is 4.44. The molecule has 2 aliphatic heterocycles. The number of aryl methyl sites for hydroxylation is 1. The molecule has 0 aromatic heterocycles. The summed E-state index contributed by atoms with van der Waals surface area (Å²) in [7, 11) is 0. The fourth-order valence-corrected chi connectivity index (χ4v) is 2.95. The lowest BCUT2D eigenvalue weighted by atomic mass is 10.1. The Bertz CT molecular complexity index is 1010. The van der Waals surface area contributed by atoms with Gasteiger partial charge in [0.25, 0.3) is 5.91 Å². The molecule has 0 aliphatic carbocycles. The Hall–Kier alpha value is -3.81. The number of carbonyl (C=O) groups is 3. The highest BCUT2D eigenvalue weighted by molar-refractivity contribution is 6.15. The van der Waals surface area contributed by atoms with E-state index < -0.39 is 17.8 Å². The van der Waals surface area contributed by atoms with Crippen molar-refractivity contribution in [3.8, 4) is 11.5 Å². The summed E-state index contributed by atoms with van der Waals surface area (Å²) >= 11 is 0. The molecule has 1 fully saturated rings. The van der Waals surface area contributed by atoms with Gasteiger partial charge in [-0.2, -0.15) is 0 Å². The number of nitrogens with one attached hydrogen (secondary N) is 2. The summed E-state index contributed by atoms with van der Waals surface area (Å²) in [6.45, 7) is 1.67. The van der Waals surface area contributed by atoms with Crippen molar-refractivity contribution in [1.29, 1.82) is 0 Å². The predicted molar refractivity (Wildman–Crippen MR) is 101 cm³/mol. The molecule has 0 radical (unpaired) electrons. The molecule has 4 rings (SSSR count). The molecule has 2 N–H and O–H groups in total. The Morgan fingerprint density at radius 2 is 2.00 bits per heavy atom. The van der Waals surface area contributed by atoms with Crippen LogP contribution in [0.1, 0.15) is 11.1 Å². The van der Waals surface area contributed by atoms with E-state index in [2.05, 4.69) is 10.6 Å². The minimum atomic E-state index is -0.642. The fraction of sp³-hybridized carbons (Fsp3) is 0.150. The van der Waals surface area contributed by atoms with Gasteiger partial charge in [-0.3, -0.25) is 9.59 Å². The third-order valence-corrected chi connectivity index (χ3v) is 4.27. The summed E-state index contributed by atoms with van der Waals surface area (Å²) in [5.41, 5.74) is 2.35. The van der Waals surface area contributed by atoms with E-state index >= 15 is 0 Å². The lowest BCUT2D eigenvalue weighted by molar-refractivity contribution is -0.127. The topological polar surface area (TPSA) is 97.0 Å². The number of anilines is 1. The molecule has 8 nitrogen and oxygen atoms in total. The molecule has 2 aliphatic rings. The van der Waals surface area contributed by atoms with Crippen LogP contribution in [0.3, 0.4) is 0 Å². The second-order valence-electron chi connectivity index (χ2n) is 6.41. The van der Waals surface area contributed by atoms with Gasteiger partial charge < -0.3 is 20.1 Å². The van der Waals surface area contributed by atoms with Gasteiger partial charge in [-0.25, -0.2) is 9.69 Å². The van der Waals surface area contributed by atoms with Gasteiger partial charge >= 0.3 is 6.03 Å². The molecule has 1 saturated heterocycles. The molecule has 0 unspecified atom stereocenters. The number of imide groups is 1. The highest BCUT2D eigenvalue weighted by Crippen LogP contribution is 2.33. The molecule has 2 heterocycles. The standard InChI is InChI=1S/C20H17N3O5/c1-12-3-2-4-14(7-12)21-18(24)10-23-19(25)15(22-20(23)26)8-13-5-6-16-17(9-13)28-11-27-16/h2-9H,10-11H2,1H3,(H,21,24)(H,22,26). The molecule has 0 spiro atoms. The zero-order valence-corrected chi connectivity index (χ0v) is 15.0. The van der Waals surface area contributed by atoms with Crippen LogP contribution in [0.25, 0.3) is 6.08 Å².